The number of likely N-dealkylation sites (N-methyl/N-ethyl adjacent to an activating group) is 1. The van der Waals surface area contributed by atoms with Crippen LogP contribution in [0, 0.1) is 19.8 Å². The summed E-state index contributed by atoms with van der Waals surface area (Å²) in [6.07, 6.45) is 2.96. The monoisotopic (exact) mass is 342 g/mol. The van der Waals surface area contributed by atoms with Crippen LogP contribution in [0.5, 0.6) is 0 Å². The molecule has 130 valence electrons. The van der Waals surface area contributed by atoms with Crippen LogP contribution in [0.2, 0.25) is 0 Å². The standard InChI is InChI=1S/C15H26N4O3S/c1-12-9-13(2)19(16-12)10-14-5-7-18(8-6-14)15(20)11-17(3)23(4,21)22/h9,14H,5-8,10-11H2,1-4H3. The van der Waals surface area contributed by atoms with Gasteiger partial charge in [-0.2, -0.15) is 9.40 Å². The Hall–Kier alpha value is -1.41. The molecule has 0 aromatic carbocycles. The number of hydrogen-bond acceptors (Lipinski definition) is 4. The van der Waals surface area contributed by atoms with Crippen LogP contribution in [-0.4, -0.2) is 66.2 Å². The van der Waals surface area contributed by atoms with Crippen molar-refractivity contribution in [1.82, 2.24) is 19.0 Å². The summed E-state index contributed by atoms with van der Waals surface area (Å²) in [5, 5.41) is 4.49. The molecule has 23 heavy (non-hydrogen) atoms. The minimum atomic E-state index is -3.32. The first-order chi connectivity index (χ1) is 10.7. The fourth-order valence-electron chi connectivity index (χ4n) is 2.88. The summed E-state index contributed by atoms with van der Waals surface area (Å²) in [7, 11) is -1.88. The van der Waals surface area contributed by atoms with Crippen molar-refractivity contribution in [2.24, 2.45) is 5.92 Å². The molecule has 0 spiro atoms. The Kier molecular flexibility index (Phi) is 5.46. The molecule has 7 nitrogen and oxygen atoms in total. The predicted octanol–water partition coefficient (Wildman–Crippen LogP) is 0.630. The average Bonchev–Trinajstić information content (AvgIpc) is 2.76. The maximum Gasteiger partial charge on any atom is 0.237 e. The van der Waals surface area contributed by atoms with Crippen molar-refractivity contribution < 1.29 is 13.2 Å². The molecular weight excluding hydrogens is 316 g/mol. The van der Waals surface area contributed by atoms with E-state index in [9.17, 15) is 13.2 Å². The molecule has 1 saturated heterocycles. The van der Waals surface area contributed by atoms with E-state index in [1.165, 1.54) is 7.05 Å². The molecule has 0 radical (unpaired) electrons. The zero-order chi connectivity index (χ0) is 17.2. The van der Waals surface area contributed by atoms with E-state index in [2.05, 4.69) is 18.1 Å². The minimum Gasteiger partial charge on any atom is -0.342 e. The van der Waals surface area contributed by atoms with Gasteiger partial charge < -0.3 is 4.90 Å². The first-order valence-electron chi connectivity index (χ1n) is 7.87. The van der Waals surface area contributed by atoms with Gasteiger partial charge in [0, 0.05) is 32.4 Å². The summed E-state index contributed by atoms with van der Waals surface area (Å²) in [6.45, 7) is 6.20. The quantitative estimate of drug-likeness (QED) is 0.786. The van der Waals surface area contributed by atoms with Gasteiger partial charge in [0.25, 0.3) is 0 Å². The summed E-state index contributed by atoms with van der Waals surface area (Å²) < 4.78 is 25.9. The first-order valence-corrected chi connectivity index (χ1v) is 9.72. The van der Waals surface area contributed by atoms with E-state index in [4.69, 9.17) is 0 Å². The van der Waals surface area contributed by atoms with Crippen LogP contribution in [0.15, 0.2) is 6.07 Å². The Labute approximate surface area is 138 Å². The predicted molar refractivity (Wildman–Crippen MR) is 88.5 cm³/mol. The molecule has 1 aromatic rings. The van der Waals surface area contributed by atoms with E-state index in [0.29, 0.717) is 19.0 Å². The zero-order valence-electron chi connectivity index (χ0n) is 14.3. The van der Waals surface area contributed by atoms with Gasteiger partial charge in [0.2, 0.25) is 15.9 Å². The molecule has 0 N–H and O–H groups in total. The van der Waals surface area contributed by atoms with Crippen LogP contribution in [0.3, 0.4) is 0 Å². The highest BCUT2D eigenvalue weighted by molar-refractivity contribution is 7.88. The van der Waals surface area contributed by atoms with E-state index in [1.54, 1.807) is 4.90 Å². The number of sulfonamides is 1. The number of hydrogen-bond donors (Lipinski definition) is 0. The Bertz CT molecular complexity index is 660. The maximum absolute atomic E-state index is 12.2. The highest BCUT2D eigenvalue weighted by atomic mass is 32.2. The summed E-state index contributed by atoms with van der Waals surface area (Å²) in [6, 6.07) is 2.07. The Balaban J connectivity index is 1.84. The number of aryl methyl sites for hydroxylation is 2. The number of likely N-dealkylation sites (tertiary alicyclic amines) is 1. The fourth-order valence-corrected chi connectivity index (χ4v) is 3.22. The lowest BCUT2D eigenvalue weighted by Gasteiger charge is -2.33. The Morgan fingerprint density at radius 1 is 1.35 bits per heavy atom. The molecule has 0 saturated carbocycles. The van der Waals surface area contributed by atoms with Gasteiger partial charge in [-0.15, -0.1) is 0 Å². The van der Waals surface area contributed by atoms with Crippen molar-refractivity contribution in [1.29, 1.82) is 0 Å². The highest BCUT2D eigenvalue weighted by Gasteiger charge is 2.25. The van der Waals surface area contributed by atoms with E-state index in [0.717, 1.165) is 41.3 Å². The third-order valence-electron chi connectivity index (χ3n) is 4.43. The number of piperidine rings is 1. The molecular formula is C15H26N4O3S. The zero-order valence-corrected chi connectivity index (χ0v) is 15.1. The average molecular weight is 342 g/mol. The molecule has 0 atom stereocenters. The number of carbonyl (C=O) groups excluding carboxylic acids is 1. The number of carbonyl (C=O) groups is 1. The topological polar surface area (TPSA) is 75.5 Å². The molecule has 1 fully saturated rings. The third kappa shape index (κ3) is 4.78. The van der Waals surface area contributed by atoms with Crippen LogP contribution < -0.4 is 0 Å². The van der Waals surface area contributed by atoms with Crippen molar-refractivity contribution in [2.75, 3.05) is 32.9 Å². The van der Waals surface area contributed by atoms with Crippen LogP contribution in [-0.2, 0) is 21.4 Å². The van der Waals surface area contributed by atoms with Crippen molar-refractivity contribution in [2.45, 2.75) is 33.2 Å². The van der Waals surface area contributed by atoms with Crippen molar-refractivity contribution in [3.8, 4) is 0 Å². The minimum absolute atomic E-state index is 0.0824. The molecule has 0 bridgehead atoms. The molecule has 8 heteroatoms. The van der Waals surface area contributed by atoms with Gasteiger partial charge >= 0.3 is 0 Å². The smallest absolute Gasteiger partial charge is 0.237 e. The van der Waals surface area contributed by atoms with Gasteiger partial charge in [-0.3, -0.25) is 9.48 Å². The number of nitrogens with zero attached hydrogens (tertiary/aromatic N) is 4. The first kappa shape index (κ1) is 17.9. The SMILES string of the molecule is Cc1cc(C)n(CC2CCN(C(=O)CN(C)S(C)(=O)=O)CC2)n1. The van der Waals surface area contributed by atoms with Gasteiger partial charge in [-0.1, -0.05) is 0 Å². The van der Waals surface area contributed by atoms with E-state index in [1.807, 2.05) is 11.6 Å². The largest absolute Gasteiger partial charge is 0.342 e. The lowest BCUT2D eigenvalue weighted by molar-refractivity contribution is -0.132. The molecule has 0 aliphatic carbocycles. The number of aromatic nitrogens is 2. The lowest BCUT2D eigenvalue weighted by atomic mass is 9.96. The van der Waals surface area contributed by atoms with Gasteiger partial charge in [0.1, 0.15) is 0 Å². The van der Waals surface area contributed by atoms with Gasteiger partial charge in [-0.05, 0) is 38.7 Å². The summed E-state index contributed by atoms with van der Waals surface area (Å²) in [4.78, 5) is 13.9. The van der Waals surface area contributed by atoms with Gasteiger partial charge in [0.15, 0.2) is 0 Å². The molecule has 2 heterocycles. The fraction of sp³-hybridized carbons (Fsp3) is 0.733. The molecule has 1 amide bonds. The molecule has 1 aromatic heterocycles. The summed E-state index contributed by atoms with van der Waals surface area (Å²) in [5.74, 6) is 0.382. The van der Waals surface area contributed by atoms with Crippen molar-refractivity contribution in [3.63, 3.8) is 0 Å². The lowest BCUT2D eigenvalue weighted by Crippen LogP contribution is -2.44. The molecule has 1 aliphatic rings. The van der Waals surface area contributed by atoms with E-state index < -0.39 is 10.0 Å². The van der Waals surface area contributed by atoms with Gasteiger partial charge in [0.05, 0.1) is 18.5 Å². The molecule has 1 aliphatic heterocycles. The third-order valence-corrected chi connectivity index (χ3v) is 5.69. The normalized spacial score (nSPS) is 17.0. The van der Waals surface area contributed by atoms with Crippen molar-refractivity contribution >= 4 is 15.9 Å². The number of amides is 1. The second-order valence-electron chi connectivity index (χ2n) is 6.45. The maximum atomic E-state index is 12.2. The van der Waals surface area contributed by atoms with E-state index in [-0.39, 0.29) is 12.5 Å². The van der Waals surface area contributed by atoms with E-state index >= 15 is 0 Å². The van der Waals surface area contributed by atoms with Crippen LogP contribution in [0.1, 0.15) is 24.2 Å². The second kappa shape index (κ2) is 7.00. The van der Waals surface area contributed by atoms with Gasteiger partial charge in [-0.25, -0.2) is 8.42 Å². The Morgan fingerprint density at radius 2 is 1.96 bits per heavy atom. The van der Waals surface area contributed by atoms with Crippen LogP contribution in [0.4, 0.5) is 0 Å². The molecule has 2 rings (SSSR count). The summed E-state index contributed by atoms with van der Waals surface area (Å²) in [5.41, 5.74) is 2.19. The summed E-state index contributed by atoms with van der Waals surface area (Å²) >= 11 is 0. The second-order valence-corrected chi connectivity index (χ2v) is 8.54. The van der Waals surface area contributed by atoms with Crippen LogP contribution >= 0.6 is 0 Å². The Morgan fingerprint density at radius 3 is 2.43 bits per heavy atom. The number of rotatable bonds is 5. The molecule has 0 unspecified atom stereocenters. The van der Waals surface area contributed by atoms with Crippen LogP contribution in [0.25, 0.3) is 0 Å². The van der Waals surface area contributed by atoms with Crippen molar-refractivity contribution in [3.05, 3.63) is 17.5 Å². The highest BCUT2D eigenvalue weighted by Crippen LogP contribution is 2.20.